The van der Waals surface area contributed by atoms with E-state index in [9.17, 15) is 9.59 Å². The second-order valence-electron chi connectivity index (χ2n) is 8.34. The molecule has 0 saturated heterocycles. The first-order valence-corrected chi connectivity index (χ1v) is 12.5. The lowest BCUT2D eigenvalue weighted by molar-refractivity contribution is -0.118. The van der Waals surface area contributed by atoms with Crippen molar-refractivity contribution in [3.63, 3.8) is 0 Å². The van der Waals surface area contributed by atoms with Gasteiger partial charge in [-0.2, -0.15) is 5.10 Å². The summed E-state index contributed by atoms with van der Waals surface area (Å²) >= 11 is 0. The van der Waals surface area contributed by atoms with Crippen LogP contribution < -0.4 is 25.0 Å². The topological polar surface area (TPSA) is 98.3 Å². The van der Waals surface area contributed by atoms with E-state index in [1.807, 2.05) is 55.5 Å². The molecular formula is C31H29N3O5. The molecule has 0 spiro atoms. The molecule has 2 N–H and O–H groups in total. The Morgan fingerprint density at radius 3 is 2.33 bits per heavy atom. The average molecular weight is 524 g/mol. The van der Waals surface area contributed by atoms with Crippen LogP contribution in [0.3, 0.4) is 0 Å². The van der Waals surface area contributed by atoms with Crippen LogP contribution in [-0.2, 0) is 11.4 Å². The Kier molecular flexibility index (Phi) is 9.67. The predicted octanol–water partition coefficient (Wildman–Crippen LogP) is 5.45. The third kappa shape index (κ3) is 8.46. The number of anilines is 1. The van der Waals surface area contributed by atoms with Crippen molar-refractivity contribution in [3.8, 4) is 17.2 Å². The summed E-state index contributed by atoms with van der Waals surface area (Å²) in [6.07, 6.45) is 1.50. The highest BCUT2D eigenvalue weighted by atomic mass is 16.5. The number of para-hydroxylation sites is 1. The van der Waals surface area contributed by atoms with E-state index >= 15 is 0 Å². The van der Waals surface area contributed by atoms with Gasteiger partial charge in [0.15, 0.2) is 18.1 Å². The second kappa shape index (κ2) is 14.0. The number of carbonyl (C=O) groups is 2. The summed E-state index contributed by atoms with van der Waals surface area (Å²) in [5.74, 6) is 0.865. The molecule has 4 rings (SSSR count). The maximum Gasteiger partial charge on any atom is 0.271 e. The van der Waals surface area contributed by atoms with Crippen molar-refractivity contribution in [1.82, 2.24) is 5.43 Å². The van der Waals surface area contributed by atoms with Crippen LogP contribution in [0, 0.1) is 0 Å². The molecule has 0 radical (unpaired) electrons. The largest absolute Gasteiger partial charge is 0.490 e. The fourth-order valence-corrected chi connectivity index (χ4v) is 3.55. The molecule has 0 aliphatic carbocycles. The predicted molar refractivity (Wildman–Crippen MR) is 150 cm³/mol. The number of carbonyl (C=O) groups excluding carboxylic acids is 2. The lowest BCUT2D eigenvalue weighted by Gasteiger charge is -2.13. The summed E-state index contributed by atoms with van der Waals surface area (Å²) in [5.41, 5.74) is 5.32. The van der Waals surface area contributed by atoms with Gasteiger partial charge in [0.1, 0.15) is 12.4 Å². The van der Waals surface area contributed by atoms with Gasteiger partial charge in [-0.1, -0.05) is 60.7 Å². The van der Waals surface area contributed by atoms with Crippen LogP contribution >= 0.6 is 0 Å². The van der Waals surface area contributed by atoms with Crippen LogP contribution in [0.5, 0.6) is 17.2 Å². The summed E-state index contributed by atoms with van der Waals surface area (Å²) < 4.78 is 17.2. The first-order valence-electron chi connectivity index (χ1n) is 12.5. The Labute approximate surface area is 227 Å². The molecular weight excluding hydrogens is 494 g/mol. The van der Waals surface area contributed by atoms with Crippen LogP contribution in [0.15, 0.2) is 108 Å². The third-order valence-corrected chi connectivity index (χ3v) is 5.41. The van der Waals surface area contributed by atoms with E-state index in [4.69, 9.17) is 14.2 Å². The number of hydrogen-bond donors (Lipinski definition) is 2. The van der Waals surface area contributed by atoms with Crippen LogP contribution in [0.25, 0.3) is 0 Å². The third-order valence-electron chi connectivity index (χ3n) is 5.41. The molecule has 39 heavy (non-hydrogen) atoms. The fraction of sp³-hybridized carbons (Fsp3) is 0.129. The molecule has 2 amide bonds. The SMILES string of the molecule is CCOc1cc(C(=O)N/N=C/c2cccc(OCC(=O)Nc3ccccc3)c2)ccc1OCc1ccccc1. The zero-order valence-electron chi connectivity index (χ0n) is 21.5. The van der Waals surface area contributed by atoms with Gasteiger partial charge in [0.2, 0.25) is 0 Å². The van der Waals surface area contributed by atoms with Gasteiger partial charge >= 0.3 is 0 Å². The highest BCUT2D eigenvalue weighted by Gasteiger charge is 2.12. The number of hydrazone groups is 1. The lowest BCUT2D eigenvalue weighted by atomic mass is 10.2. The minimum absolute atomic E-state index is 0.139. The normalized spacial score (nSPS) is 10.6. The van der Waals surface area contributed by atoms with E-state index in [-0.39, 0.29) is 12.5 Å². The molecule has 8 heteroatoms. The fourth-order valence-electron chi connectivity index (χ4n) is 3.55. The molecule has 0 fully saturated rings. The van der Waals surface area contributed by atoms with E-state index in [2.05, 4.69) is 15.8 Å². The molecule has 198 valence electrons. The van der Waals surface area contributed by atoms with Crippen LogP contribution in [0.1, 0.15) is 28.4 Å². The van der Waals surface area contributed by atoms with Crippen molar-refractivity contribution >= 4 is 23.7 Å². The molecule has 0 unspecified atom stereocenters. The summed E-state index contributed by atoms with van der Waals surface area (Å²) in [6.45, 7) is 2.54. The zero-order chi connectivity index (χ0) is 27.3. The summed E-state index contributed by atoms with van der Waals surface area (Å²) in [4.78, 5) is 24.8. The van der Waals surface area contributed by atoms with Crippen LogP contribution in [-0.4, -0.2) is 31.2 Å². The number of nitrogens with zero attached hydrogens (tertiary/aromatic N) is 1. The van der Waals surface area contributed by atoms with Gasteiger partial charge in [-0.25, -0.2) is 5.43 Å². The van der Waals surface area contributed by atoms with E-state index in [1.54, 1.807) is 54.6 Å². The minimum atomic E-state index is -0.396. The van der Waals surface area contributed by atoms with Crippen molar-refractivity contribution in [2.45, 2.75) is 13.5 Å². The van der Waals surface area contributed by atoms with Crippen molar-refractivity contribution in [3.05, 3.63) is 120 Å². The van der Waals surface area contributed by atoms with E-state index in [1.165, 1.54) is 6.21 Å². The first-order chi connectivity index (χ1) is 19.1. The average Bonchev–Trinajstić information content (AvgIpc) is 2.97. The maximum atomic E-state index is 12.7. The lowest BCUT2D eigenvalue weighted by Crippen LogP contribution is -2.20. The molecule has 0 saturated carbocycles. The van der Waals surface area contributed by atoms with Gasteiger partial charge in [-0.15, -0.1) is 0 Å². The van der Waals surface area contributed by atoms with Gasteiger partial charge in [0.05, 0.1) is 12.8 Å². The summed E-state index contributed by atoms with van der Waals surface area (Å²) in [7, 11) is 0. The van der Waals surface area contributed by atoms with Gasteiger partial charge in [0.25, 0.3) is 11.8 Å². The van der Waals surface area contributed by atoms with E-state index < -0.39 is 5.91 Å². The Hall–Kier alpha value is -5.11. The Balaban J connectivity index is 1.31. The van der Waals surface area contributed by atoms with Gasteiger partial charge in [-0.05, 0) is 60.5 Å². The van der Waals surface area contributed by atoms with Crippen LogP contribution in [0.2, 0.25) is 0 Å². The Morgan fingerprint density at radius 2 is 1.56 bits per heavy atom. The highest BCUT2D eigenvalue weighted by molar-refractivity contribution is 5.95. The Morgan fingerprint density at radius 1 is 0.795 bits per heavy atom. The quantitative estimate of drug-likeness (QED) is 0.190. The van der Waals surface area contributed by atoms with E-state index in [0.717, 1.165) is 5.56 Å². The number of nitrogens with one attached hydrogen (secondary N) is 2. The molecule has 0 aromatic heterocycles. The summed E-state index contributed by atoms with van der Waals surface area (Å²) in [5, 5.41) is 6.82. The number of rotatable bonds is 12. The molecule has 0 aliphatic rings. The number of benzene rings is 4. The second-order valence-corrected chi connectivity index (χ2v) is 8.34. The van der Waals surface area contributed by atoms with Crippen molar-refractivity contribution < 1.29 is 23.8 Å². The monoisotopic (exact) mass is 523 g/mol. The van der Waals surface area contributed by atoms with E-state index in [0.29, 0.717) is 47.3 Å². The van der Waals surface area contributed by atoms with Gasteiger partial charge in [0, 0.05) is 11.3 Å². The molecule has 0 bridgehead atoms. The maximum absolute atomic E-state index is 12.7. The molecule has 0 atom stereocenters. The number of hydrogen-bond acceptors (Lipinski definition) is 6. The molecule has 0 heterocycles. The van der Waals surface area contributed by atoms with Crippen molar-refractivity contribution in [2.24, 2.45) is 5.10 Å². The molecule has 8 nitrogen and oxygen atoms in total. The number of amides is 2. The molecule has 0 aliphatic heterocycles. The highest BCUT2D eigenvalue weighted by Crippen LogP contribution is 2.29. The Bertz CT molecular complexity index is 1410. The summed E-state index contributed by atoms with van der Waals surface area (Å²) in [6, 6.07) is 31.0. The van der Waals surface area contributed by atoms with Crippen molar-refractivity contribution in [1.29, 1.82) is 0 Å². The molecule has 4 aromatic rings. The first kappa shape index (κ1) is 26.9. The van der Waals surface area contributed by atoms with Gasteiger partial charge < -0.3 is 19.5 Å². The van der Waals surface area contributed by atoms with Gasteiger partial charge in [-0.3, -0.25) is 9.59 Å². The van der Waals surface area contributed by atoms with Crippen molar-refractivity contribution in [2.75, 3.05) is 18.5 Å². The van der Waals surface area contributed by atoms with Crippen LogP contribution in [0.4, 0.5) is 5.69 Å². The standard InChI is InChI=1S/C31H29N3O5/c1-2-37-29-19-25(16-17-28(29)39-21-23-10-5-3-6-11-23)31(36)34-32-20-24-12-9-15-27(18-24)38-22-30(35)33-26-13-7-4-8-14-26/h3-20H,2,21-22H2,1H3,(H,33,35)(H,34,36)/b32-20+. The minimum Gasteiger partial charge on any atom is -0.490 e. The smallest absolute Gasteiger partial charge is 0.271 e. The number of ether oxygens (including phenoxy) is 3. The zero-order valence-corrected chi connectivity index (χ0v) is 21.5. The molecule has 4 aromatic carbocycles.